The lowest BCUT2D eigenvalue weighted by Gasteiger charge is -2.44. The first-order chi connectivity index (χ1) is 12.7. The quantitative estimate of drug-likeness (QED) is 0.489. The Hall–Kier alpha value is -1.06. The zero-order valence-corrected chi connectivity index (χ0v) is 18.0. The Kier molecular flexibility index (Phi) is 5.67. The van der Waals surface area contributed by atoms with Crippen LogP contribution in [0.3, 0.4) is 0 Å². The van der Waals surface area contributed by atoms with E-state index in [1.807, 2.05) is 0 Å². The zero-order chi connectivity index (χ0) is 20.0. The van der Waals surface area contributed by atoms with Gasteiger partial charge in [0.2, 0.25) is 0 Å². The van der Waals surface area contributed by atoms with Gasteiger partial charge in [0, 0.05) is 0 Å². The molecule has 3 fully saturated rings. The van der Waals surface area contributed by atoms with Crippen molar-refractivity contribution in [2.24, 2.45) is 46.3 Å². The van der Waals surface area contributed by atoms with E-state index in [0.29, 0.717) is 30.5 Å². The summed E-state index contributed by atoms with van der Waals surface area (Å²) in [6.07, 6.45) is 6.32. The molecule has 0 radical (unpaired) electrons. The third kappa shape index (κ3) is 3.11. The molecule has 0 heterocycles. The van der Waals surface area contributed by atoms with Crippen LogP contribution in [-0.2, 0) is 19.1 Å². The molecule has 0 saturated heterocycles. The second kappa shape index (κ2) is 7.40. The minimum Gasteiger partial charge on any atom is -0.465 e. The van der Waals surface area contributed by atoms with Gasteiger partial charge in [0.05, 0.1) is 13.2 Å². The summed E-state index contributed by atoms with van der Waals surface area (Å²) in [5.74, 6) is 0.875. The Morgan fingerprint density at radius 1 is 1.04 bits per heavy atom. The molecule has 3 saturated carbocycles. The van der Waals surface area contributed by atoms with Crippen LogP contribution >= 0.6 is 0 Å². The number of hydrogen-bond donors (Lipinski definition) is 0. The van der Waals surface area contributed by atoms with Gasteiger partial charge >= 0.3 is 11.9 Å². The summed E-state index contributed by atoms with van der Waals surface area (Å²) in [6, 6.07) is 0. The summed E-state index contributed by atoms with van der Waals surface area (Å²) in [5.41, 5.74) is 0.766. The first-order valence-corrected chi connectivity index (χ1v) is 11.0. The van der Waals surface area contributed by atoms with Crippen LogP contribution in [0.5, 0.6) is 0 Å². The number of esters is 2. The molecule has 0 amide bonds. The second-order valence-corrected chi connectivity index (χ2v) is 9.94. The number of ether oxygens (including phenoxy) is 2. The van der Waals surface area contributed by atoms with Crippen LogP contribution < -0.4 is 0 Å². The number of carbonyl (C=O) groups is 2. The molecule has 2 unspecified atom stereocenters. The molecule has 3 aliphatic carbocycles. The van der Waals surface area contributed by atoms with Crippen molar-refractivity contribution in [1.29, 1.82) is 0 Å². The molecule has 0 aromatic heterocycles. The van der Waals surface area contributed by atoms with Gasteiger partial charge in [-0.25, -0.2) is 0 Å². The predicted octanol–water partition coefficient (Wildman–Crippen LogP) is 4.85. The maximum atomic E-state index is 12.6. The summed E-state index contributed by atoms with van der Waals surface area (Å²) in [7, 11) is 0. The highest BCUT2D eigenvalue weighted by Crippen LogP contribution is 2.73. The van der Waals surface area contributed by atoms with E-state index in [1.54, 1.807) is 13.8 Å². The molecule has 6 atom stereocenters. The summed E-state index contributed by atoms with van der Waals surface area (Å²) >= 11 is 0. The lowest BCUT2D eigenvalue weighted by molar-refractivity contribution is -0.166. The largest absolute Gasteiger partial charge is 0.465 e. The highest BCUT2D eigenvalue weighted by molar-refractivity contribution is 5.95. The van der Waals surface area contributed by atoms with E-state index in [-0.39, 0.29) is 11.3 Å². The zero-order valence-electron chi connectivity index (χ0n) is 18.0. The summed E-state index contributed by atoms with van der Waals surface area (Å²) in [4.78, 5) is 25.3. The molecule has 0 aromatic rings. The van der Waals surface area contributed by atoms with Gasteiger partial charge in [0.25, 0.3) is 0 Å². The topological polar surface area (TPSA) is 52.6 Å². The van der Waals surface area contributed by atoms with Crippen molar-refractivity contribution < 1.29 is 19.1 Å². The molecule has 1 spiro atoms. The molecule has 0 aromatic carbocycles. The van der Waals surface area contributed by atoms with E-state index >= 15 is 0 Å². The number of fused-ring (bicyclic) bond motifs is 1. The molecule has 4 nitrogen and oxygen atoms in total. The summed E-state index contributed by atoms with van der Waals surface area (Å²) in [5, 5.41) is 0. The van der Waals surface area contributed by atoms with Gasteiger partial charge in [-0.15, -0.1) is 0 Å². The van der Waals surface area contributed by atoms with Gasteiger partial charge in [-0.3, -0.25) is 9.59 Å². The highest BCUT2D eigenvalue weighted by Gasteiger charge is 2.66. The number of carbonyl (C=O) groups excluding carboxylic acids is 2. The van der Waals surface area contributed by atoms with Crippen molar-refractivity contribution in [3.8, 4) is 0 Å². The molecule has 2 bridgehead atoms. The average Bonchev–Trinajstić information content (AvgIpc) is 3.00. The minimum absolute atomic E-state index is 0.0427. The van der Waals surface area contributed by atoms with Crippen LogP contribution in [0, 0.1) is 46.3 Å². The van der Waals surface area contributed by atoms with Crippen molar-refractivity contribution in [2.45, 2.75) is 73.6 Å². The standard InChI is InChI=1S/C23H38O4/c1-7-26-20(24)19(21(25)27-8-2)15(4)16-11-12-23-13-17(16)22(5,6)18(23)10-9-14(23)3/h14-19H,7-13H2,1-6H3/t14-,15?,16?,17+,18+,23+/m1/s1. The van der Waals surface area contributed by atoms with Gasteiger partial charge in [0.15, 0.2) is 5.92 Å². The normalized spacial score (nSPS) is 37.7. The highest BCUT2D eigenvalue weighted by atomic mass is 16.6. The van der Waals surface area contributed by atoms with Crippen molar-refractivity contribution in [3.05, 3.63) is 0 Å². The van der Waals surface area contributed by atoms with E-state index < -0.39 is 17.9 Å². The lowest BCUT2D eigenvalue weighted by Crippen LogP contribution is -2.42. The maximum Gasteiger partial charge on any atom is 0.320 e. The van der Waals surface area contributed by atoms with Crippen LogP contribution in [0.4, 0.5) is 0 Å². The maximum absolute atomic E-state index is 12.6. The smallest absolute Gasteiger partial charge is 0.320 e. The van der Waals surface area contributed by atoms with Gasteiger partial charge < -0.3 is 9.47 Å². The molecular formula is C23H38O4. The van der Waals surface area contributed by atoms with E-state index in [2.05, 4.69) is 27.7 Å². The second-order valence-electron chi connectivity index (χ2n) is 9.94. The monoisotopic (exact) mass is 378 g/mol. The molecule has 0 N–H and O–H groups in total. The molecule has 27 heavy (non-hydrogen) atoms. The van der Waals surface area contributed by atoms with E-state index in [0.717, 1.165) is 18.3 Å². The summed E-state index contributed by atoms with van der Waals surface area (Å²) in [6.45, 7) is 13.6. The average molecular weight is 379 g/mol. The first-order valence-electron chi connectivity index (χ1n) is 11.0. The molecule has 4 heteroatoms. The van der Waals surface area contributed by atoms with Crippen molar-refractivity contribution in [3.63, 3.8) is 0 Å². The van der Waals surface area contributed by atoms with Crippen LogP contribution in [0.25, 0.3) is 0 Å². The van der Waals surface area contributed by atoms with E-state index in [1.165, 1.54) is 25.7 Å². The fraction of sp³-hybridized carbons (Fsp3) is 0.913. The summed E-state index contributed by atoms with van der Waals surface area (Å²) < 4.78 is 10.5. The van der Waals surface area contributed by atoms with Crippen LogP contribution in [0.1, 0.15) is 73.6 Å². The lowest BCUT2D eigenvalue weighted by atomic mass is 9.61. The molecular weight excluding hydrogens is 340 g/mol. The third-order valence-electron chi connectivity index (χ3n) is 8.76. The Balaban J connectivity index is 1.87. The molecule has 0 aliphatic heterocycles. The van der Waals surface area contributed by atoms with E-state index in [9.17, 15) is 9.59 Å². The number of hydrogen-bond acceptors (Lipinski definition) is 4. The SMILES string of the molecule is CCOC(=O)C(C(=O)OCC)C(C)C1CC[C@@]23C[C@@H]1C(C)(C)[C@@H]2CC[C@H]3C. The Morgan fingerprint density at radius 2 is 1.63 bits per heavy atom. The van der Waals surface area contributed by atoms with E-state index in [4.69, 9.17) is 9.47 Å². The third-order valence-corrected chi connectivity index (χ3v) is 8.76. The fourth-order valence-electron chi connectivity index (χ4n) is 7.45. The predicted molar refractivity (Wildman–Crippen MR) is 105 cm³/mol. The van der Waals surface area contributed by atoms with Crippen LogP contribution in [0.2, 0.25) is 0 Å². The Bertz CT molecular complexity index is 565. The minimum atomic E-state index is -0.794. The number of rotatable bonds is 6. The first kappa shape index (κ1) is 20.7. The van der Waals surface area contributed by atoms with Gasteiger partial charge in [0.1, 0.15) is 0 Å². The van der Waals surface area contributed by atoms with Crippen LogP contribution in [-0.4, -0.2) is 25.2 Å². The van der Waals surface area contributed by atoms with Gasteiger partial charge in [-0.2, -0.15) is 0 Å². The van der Waals surface area contributed by atoms with Crippen molar-refractivity contribution >= 4 is 11.9 Å². The van der Waals surface area contributed by atoms with Crippen LogP contribution in [0.15, 0.2) is 0 Å². The van der Waals surface area contributed by atoms with Crippen molar-refractivity contribution in [1.82, 2.24) is 0 Å². The van der Waals surface area contributed by atoms with Gasteiger partial charge in [-0.05, 0) is 86.4 Å². The Labute approximate surface area is 164 Å². The molecule has 3 rings (SSSR count). The Morgan fingerprint density at radius 3 is 2.19 bits per heavy atom. The van der Waals surface area contributed by atoms with Gasteiger partial charge in [-0.1, -0.05) is 27.7 Å². The molecule has 154 valence electrons. The van der Waals surface area contributed by atoms with Crippen molar-refractivity contribution in [2.75, 3.05) is 13.2 Å². The fourth-order valence-corrected chi connectivity index (χ4v) is 7.45. The molecule has 3 aliphatic rings.